The predicted octanol–water partition coefficient (Wildman–Crippen LogP) is 1.08. The molecular formula is C7H8N4S. The molecule has 0 radical (unpaired) electrons. The highest BCUT2D eigenvalue weighted by molar-refractivity contribution is 7.03. The predicted molar refractivity (Wildman–Crippen MR) is 47.4 cm³/mol. The van der Waals surface area contributed by atoms with Crippen molar-refractivity contribution >= 4 is 11.5 Å². The third-order valence-electron chi connectivity index (χ3n) is 1.45. The summed E-state index contributed by atoms with van der Waals surface area (Å²) in [5.74, 6) is 0. The Balaban J connectivity index is 1.91. The summed E-state index contributed by atoms with van der Waals surface area (Å²) in [6, 6.07) is 3.93. The van der Waals surface area contributed by atoms with Gasteiger partial charge in [-0.25, -0.2) is 0 Å². The quantitative estimate of drug-likeness (QED) is 0.768. The fraction of sp³-hybridized carbons (Fsp3) is 0.143. The Bertz CT molecular complexity index is 279. The van der Waals surface area contributed by atoms with Crippen molar-refractivity contribution < 1.29 is 0 Å². The largest absolute Gasteiger partial charge is 0.320 e. The maximum atomic E-state index is 3.91. The number of hydrogen-bond acceptors (Lipinski definition) is 4. The van der Waals surface area contributed by atoms with Gasteiger partial charge in [0.05, 0.1) is 12.2 Å². The van der Waals surface area contributed by atoms with Crippen molar-refractivity contribution in [1.29, 1.82) is 0 Å². The number of nitrogens with zero attached hydrogens (tertiary/aromatic N) is 3. The summed E-state index contributed by atoms with van der Waals surface area (Å²) >= 11 is 1.37. The van der Waals surface area contributed by atoms with Gasteiger partial charge in [-0.05, 0) is 23.7 Å². The minimum atomic E-state index is 0.713. The molecule has 0 bridgehead atoms. The Morgan fingerprint density at radius 3 is 2.92 bits per heavy atom. The minimum Gasteiger partial charge on any atom is -0.320 e. The molecule has 62 valence electrons. The smallest absolute Gasteiger partial charge is 0.0962 e. The van der Waals surface area contributed by atoms with Gasteiger partial charge in [0.1, 0.15) is 0 Å². The summed E-state index contributed by atoms with van der Waals surface area (Å²) in [6.45, 7) is 0.713. The molecule has 2 aromatic heterocycles. The van der Waals surface area contributed by atoms with Crippen LogP contribution in [0.3, 0.4) is 0 Å². The average molecular weight is 180 g/mol. The molecule has 0 spiro atoms. The SMILES string of the molecule is c1ccn(NCc2csnn2)c1. The molecule has 1 N–H and O–H groups in total. The topological polar surface area (TPSA) is 42.7 Å². The van der Waals surface area contributed by atoms with Crippen LogP contribution in [0.1, 0.15) is 5.69 Å². The van der Waals surface area contributed by atoms with Crippen LogP contribution in [0.15, 0.2) is 29.9 Å². The second kappa shape index (κ2) is 3.36. The lowest BCUT2D eigenvalue weighted by atomic mass is 10.5. The molecule has 0 aromatic carbocycles. The summed E-state index contributed by atoms with van der Waals surface area (Å²) in [5, 5.41) is 5.84. The van der Waals surface area contributed by atoms with E-state index >= 15 is 0 Å². The van der Waals surface area contributed by atoms with Gasteiger partial charge in [0.2, 0.25) is 0 Å². The molecule has 2 aromatic rings. The fourth-order valence-corrected chi connectivity index (χ4v) is 1.32. The van der Waals surface area contributed by atoms with Gasteiger partial charge in [0, 0.05) is 17.8 Å². The molecule has 0 saturated heterocycles. The Labute approximate surface area is 74.0 Å². The first-order valence-electron chi connectivity index (χ1n) is 3.58. The van der Waals surface area contributed by atoms with Crippen LogP contribution in [0.4, 0.5) is 0 Å². The van der Waals surface area contributed by atoms with Crippen LogP contribution in [-0.4, -0.2) is 14.3 Å². The second-order valence-corrected chi connectivity index (χ2v) is 2.93. The average Bonchev–Trinajstić information content (AvgIpc) is 2.74. The molecule has 12 heavy (non-hydrogen) atoms. The Morgan fingerprint density at radius 2 is 2.25 bits per heavy atom. The molecule has 0 amide bonds. The Hall–Kier alpha value is -1.36. The molecule has 4 nitrogen and oxygen atoms in total. The van der Waals surface area contributed by atoms with Gasteiger partial charge in [-0.3, -0.25) is 4.68 Å². The zero-order valence-corrected chi connectivity index (χ0v) is 7.16. The van der Waals surface area contributed by atoms with Gasteiger partial charge < -0.3 is 5.43 Å². The van der Waals surface area contributed by atoms with Crippen molar-refractivity contribution in [3.8, 4) is 0 Å². The first-order valence-corrected chi connectivity index (χ1v) is 4.41. The molecule has 2 heterocycles. The third kappa shape index (κ3) is 1.62. The highest BCUT2D eigenvalue weighted by atomic mass is 32.1. The van der Waals surface area contributed by atoms with E-state index in [1.165, 1.54) is 11.5 Å². The fourth-order valence-electron chi connectivity index (χ4n) is 0.873. The zero-order valence-electron chi connectivity index (χ0n) is 6.34. The maximum absolute atomic E-state index is 3.91. The van der Waals surface area contributed by atoms with Crippen LogP contribution in [0.2, 0.25) is 0 Å². The van der Waals surface area contributed by atoms with E-state index in [1.807, 2.05) is 34.6 Å². The van der Waals surface area contributed by atoms with Crippen LogP contribution >= 0.6 is 11.5 Å². The van der Waals surface area contributed by atoms with E-state index < -0.39 is 0 Å². The molecule has 0 aliphatic heterocycles. The van der Waals surface area contributed by atoms with Gasteiger partial charge in [0.25, 0.3) is 0 Å². The van der Waals surface area contributed by atoms with Crippen LogP contribution in [0.25, 0.3) is 0 Å². The van der Waals surface area contributed by atoms with Gasteiger partial charge in [-0.15, -0.1) is 5.10 Å². The monoisotopic (exact) mass is 180 g/mol. The van der Waals surface area contributed by atoms with Crippen LogP contribution < -0.4 is 5.43 Å². The number of rotatable bonds is 3. The molecular weight excluding hydrogens is 172 g/mol. The highest BCUT2D eigenvalue weighted by Gasteiger charge is 1.93. The van der Waals surface area contributed by atoms with Crippen molar-refractivity contribution in [1.82, 2.24) is 14.3 Å². The van der Waals surface area contributed by atoms with E-state index in [9.17, 15) is 0 Å². The van der Waals surface area contributed by atoms with E-state index in [4.69, 9.17) is 0 Å². The van der Waals surface area contributed by atoms with Gasteiger partial charge in [-0.1, -0.05) is 4.49 Å². The summed E-state index contributed by atoms with van der Waals surface area (Å²) in [6.07, 6.45) is 3.89. The van der Waals surface area contributed by atoms with Gasteiger partial charge in [0.15, 0.2) is 0 Å². The second-order valence-electron chi connectivity index (χ2n) is 2.32. The number of hydrogen-bond donors (Lipinski definition) is 1. The summed E-state index contributed by atoms with van der Waals surface area (Å²) in [5.41, 5.74) is 4.11. The third-order valence-corrected chi connectivity index (χ3v) is 2.01. The molecule has 5 heteroatoms. The van der Waals surface area contributed by atoms with Crippen molar-refractivity contribution in [3.05, 3.63) is 35.6 Å². The molecule has 0 fully saturated rings. The maximum Gasteiger partial charge on any atom is 0.0962 e. The normalized spacial score (nSPS) is 10.0. The van der Waals surface area contributed by atoms with Crippen molar-refractivity contribution in [2.45, 2.75) is 6.54 Å². The van der Waals surface area contributed by atoms with E-state index in [-0.39, 0.29) is 0 Å². The van der Waals surface area contributed by atoms with Crippen molar-refractivity contribution in [3.63, 3.8) is 0 Å². The number of nitrogens with one attached hydrogen (secondary N) is 1. The summed E-state index contributed by atoms with van der Waals surface area (Å²) in [7, 11) is 0. The lowest BCUT2D eigenvalue weighted by Crippen LogP contribution is -2.11. The highest BCUT2D eigenvalue weighted by Crippen LogP contribution is 1.96. The zero-order chi connectivity index (χ0) is 8.23. The van der Waals surface area contributed by atoms with Gasteiger partial charge >= 0.3 is 0 Å². The van der Waals surface area contributed by atoms with Crippen LogP contribution in [-0.2, 0) is 6.54 Å². The summed E-state index contributed by atoms with van der Waals surface area (Å²) < 4.78 is 5.65. The van der Waals surface area contributed by atoms with E-state index in [0.717, 1.165) is 5.69 Å². The molecule has 0 aliphatic carbocycles. The summed E-state index contributed by atoms with van der Waals surface area (Å²) in [4.78, 5) is 0. The lowest BCUT2D eigenvalue weighted by molar-refractivity contribution is 0.824. The van der Waals surface area contributed by atoms with Crippen LogP contribution in [0, 0.1) is 0 Å². The molecule has 2 rings (SSSR count). The van der Waals surface area contributed by atoms with Crippen molar-refractivity contribution in [2.75, 3.05) is 5.43 Å². The lowest BCUT2D eigenvalue weighted by Gasteiger charge is -2.03. The minimum absolute atomic E-state index is 0.713. The first kappa shape index (κ1) is 7.30. The standard InChI is InChI=1S/C7H8N4S/c1-2-4-11(3-1)8-5-7-6-12-10-9-7/h1-4,6,8H,5H2. The van der Waals surface area contributed by atoms with Gasteiger partial charge in [-0.2, -0.15) is 0 Å². The molecule has 0 saturated carbocycles. The van der Waals surface area contributed by atoms with Crippen molar-refractivity contribution in [2.24, 2.45) is 0 Å². The van der Waals surface area contributed by atoms with E-state index in [2.05, 4.69) is 15.0 Å². The Kier molecular flexibility index (Phi) is 2.04. The molecule has 0 aliphatic rings. The first-order chi connectivity index (χ1) is 5.95. The molecule has 0 unspecified atom stereocenters. The van der Waals surface area contributed by atoms with E-state index in [0.29, 0.717) is 6.54 Å². The Morgan fingerprint density at radius 1 is 1.42 bits per heavy atom. The van der Waals surface area contributed by atoms with Crippen LogP contribution in [0.5, 0.6) is 0 Å². The molecule has 0 atom stereocenters. The number of aromatic nitrogens is 3. The van der Waals surface area contributed by atoms with E-state index in [1.54, 1.807) is 0 Å².